The molecule has 0 unspecified atom stereocenters. The van der Waals surface area contributed by atoms with E-state index in [1.807, 2.05) is 18.2 Å². The predicted molar refractivity (Wildman–Crippen MR) is 93.3 cm³/mol. The first-order chi connectivity index (χ1) is 11.9. The van der Waals surface area contributed by atoms with Gasteiger partial charge in [0.05, 0.1) is 39.6 Å². The summed E-state index contributed by atoms with van der Waals surface area (Å²) < 4.78 is 28.0. The van der Waals surface area contributed by atoms with Gasteiger partial charge in [-0.3, -0.25) is 0 Å². The second-order valence-electron chi connectivity index (χ2n) is 5.48. The Morgan fingerprint density at radius 3 is 2.00 bits per heavy atom. The van der Waals surface area contributed by atoms with Crippen molar-refractivity contribution in [3.63, 3.8) is 0 Å². The number of rotatable bonds is 4. The quantitative estimate of drug-likeness (QED) is 0.851. The summed E-state index contributed by atoms with van der Waals surface area (Å²) in [4.78, 5) is 0. The molecule has 24 heavy (non-hydrogen) atoms. The number of ether oxygens (including phenoxy) is 5. The minimum absolute atomic E-state index is 0.477. The number of benzene rings is 1. The summed E-state index contributed by atoms with van der Waals surface area (Å²) in [6.07, 6.45) is 2.31. The number of hydrogen-bond donors (Lipinski definition) is 1. The van der Waals surface area contributed by atoms with Crippen molar-refractivity contribution in [2.75, 3.05) is 64.7 Å². The van der Waals surface area contributed by atoms with Gasteiger partial charge in [-0.05, 0) is 18.6 Å². The molecule has 0 aliphatic carbocycles. The molecule has 0 amide bonds. The number of fused-ring (bicyclic) bond motifs is 1. The van der Waals surface area contributed by atoms with Crippen molar-refractivity contribution in [1.82, 2.24) is 0 Å². The summed E-state index contributed by atoms with van der Waals surface area (Å²) >= 11 is 0. The Balaban J connectivity index is 1.94. The van der Waals surface area contributed by atoms with Crippen LogP contribution < -0.4 is 14.8 Å². The molecule has 0 aromatic heterocycles. The Morgan fingerprint density at radius 1 is 0.792 bits per heavy atom. The van der Waals surface area contributed by atoms with Gasteiger partial charge in [0.25, 0.3) is 0 Å². The third kappa shape index (κ3) is 7.38. The first-order valence-corrected chi connectivity index (χ1v) is 8.77. The average Bonchev–Trinajstić information content (AvgIpc) is 2.61. The van der Waals surface area contributed by atoms with Gasteiger partial charge in [-0.2, -0.15) is 0 Å². The van der Waals surface area contributed by atoms with Crippen LogP contribution >= 0.6 is 0 Å². The number of anilines is 1. The number of nitrogens with one attached hydrogen (secondary N) is 1. The molecule has 0 bridgehead atoms. The van der Waals surface area contributed by atoms with Crippen LogP contribution in [-0.2, 0) is 14.2 Å². The summed E-state index contributed by atoms with van der Waals surface area (Å²) in [6, 6.07) is 5.93. The van der Waals surface area contributed by atoms with Gasteiger partial charge in [0, 0.05) is 18.3 Å². The van der Waals surface area contributed by atoms with Crippen LogP contribution in [0.15, 0.2) is 18.2 Å². The van der Waals surface area contributed by atoms with Crippen molar-refractivity contribution in [3.8, 4) is 11.5 Å². The topological polar surface area (TPSA) is 58.2 Å². The highest BCUT2D eigenvalue weighted by atomic mass is 16.6. The molecule has 136 valence electrons. The van der Waals surface area contributed by atoms with Gasteiger partial charge in [0.2, 0.25) is 0 Å². The standard InChI is InChI=1S/C18H29NO5/c1-2-3-6-19-16-4-5-17-18(15-16)24-14-12-22-10-8-20-7-9-21-11-13-23-17/h4-5,15,19H,2-3,6-14H2,1H3. The molecule has 2 rings (SSSR count). The number of unbranched alkanes of at least 4 members (excludes halogenated alkanes) is 1. The highest BCUT2D eigenvalue weighted by Crippen LogP contribution is 2.30. The second kappa shape index (κ2) is 11.9. The Hall–Kier alpha value is -1.50. The molecule has 0 fully saturated rings. The molecule has 1 aromatic carbocycles. The molecule has 0 saturated heterocycles. The van der Waals surface area contributed by atoms with Crippen LogP contribution in [0.4, 0.5) is 5.69 Å². The highest BCUT2D eigenvalue weighted by molar-refractivity contribution is 5.54. The van der Waals surface area contributed by atoms with E-state index < -0.39 is 0 Å². The van der Waals surface area contributed by atoms with E-state index in [-0.39, 0.29) is 0 Å². The first-order valence-electron chi connectivity index (χ1n) is 8.77. The van der Waals surface area contributed by atoms with E-state index >= 15 is 0 Å². The van der Waals surface area contributed by atoms with Crippen LogP contribution in [0.2, 0.25) is 0 Å². The maximum absolute atomic E-state index is 5.84. The molecule has 1 aliphatic rings. The lowest BCUT2D eigenvalue weighted by atomic mass is 10.2. The molecule has 0 radical (unpaired) electrons. The first kappa shape index (κ1) is 18.8. The van der Waals surface area contributed by atoms with Gasteiger partial charge >= 0.3 is 0 Å². The van der Waals surface area contributed by atoms with Crippen LogP contribution in [0.5, 0.6) is 11.5 Å². The van der Waals surface area contributed by atoms with Gasteiger partial charge < -0.3 is 29.0 Å². The third-order valence-electron chi connectivity index (χ3n) is 3.52. The predicted octanol–water partition coefficient (Wildman–Crippen LogP) is 2.72. The third-order valence-corrected chi connectivity index (χ3v) is 3.52. The van der Waals surface area contributed by atoms with Crippen LogP contribution in [0.1, 0.15) is 19.8 Å². The van der Waals surface area contributed by atoms with Crippen molar-refractivity contribution in [2.45, 2.75) is 19.8 Å². The molecular formula is C18H29NO5. The van der Waals surface area contributed by atoms with E-state index in [0.29, 0.717) is 52.9 Å². The molecule has 1 aromatic rings. The van der Waals surface area contributed by atoms with Crippen LogP contribution in [0.25, 0.3) is 0 Å². The van der Waals surface area contributed by atoms with E-state index in [4.69, 9.17) is 23.7 Å². The maximum atomic E-state index is 5.84. The monoisotopic (exact) mass is 339 g/mol. The zero-order chi connectivity index (χ0) is 16.9. The molecule has 0 saturated carbocycles. The molecule has 0 spiro atoms. The van der Waals surface area contributed by atoms with Crippen molar-refractivity contribution in [2.24, 2.45) is 0 Å². The van der Waals surface area contributed by atoms with Gasteiger partial charge in [0.15, 0.2) is 11.5 Å². The van der Waals surface area contributed by atoms with Gasteiger partial charge in [-0.1, -0.05) is 13.3 Å². The van der Waals surface area contributed by atoms with Crippen LogP contribution in [0.3, 0.4) is 0 Å². The summed E-state index contributed by atoms with van der Waals surface area (Å²) in [6.45, 7) is 7.40. The average molecular weight is 339 g/mol. The molecule has 0 atom stereocenters. The fraction of sp³-hybridized carbons (Fsp3) is 0.667. The summed E-state index contributed by atoms with van der Waals surface area (Å²) in [5.41, 5.74) is 1.04. The van der Waals surface area contributed by atoms with Crippen LogP contribution in [-0.4, -0.2) is 59.4 Å². The molecule has 1 heterocycles. The van der Waals surface area contributed by atoms with Crippen molar-refractivity contribution in [1.29, 1.82) is 0 Å². The highest BCUT2D eigenvalue weighted by Gasteiger charge is 2.08. The van der Waals surface area contributed by atoms with Crippen LogP contribution in [0, 0.1) is 0 Å². The van der Waals surface area contributed by atoms with E-state index in [1.54, 1.807) is 0 Å². The van der Waals surface area contributed by atoms with Crippen molar-refractivity contribution in [3.05, 3.63) is 18.2 Å². The zero-order valence-corrected chi connectivity index (χ0v) is 14.6. The maximum Gasteiger partial charge on any atom is 0.163 e. The van der Waals surface area contributed by atoms with Crippen molar-refractivity contribution >= 4 is 5.69 Å². The Bertz CT molecular complexity index is 455. The zero-order valence-electron chi connectivity index (χ0n) is 14.6. The van der Waals surface area contributed by atoms with E-state index in [9.17, 15) is 0 Å². The smallest absolute Gasteiger partial charge is 0.163 e. The normalized spacial score (nSPS) is 17.5. The lowest BCUT2D eigenvalue weighted by Gasteiger charge is -2.15. The SMILES string of the molecule is CCCCNc1ccc2c(c1)OCCOCCOCCOCCO2. The number of hydrogen-bond acceptors (Lipinski definition) is 6. The van der Waals surface area contributed by atoms with E-state index in [2.05, 4.69) is 12.2 Å². The molecule has 6 nitrogen and oxygen atoms in total. The summed E-state index contributed by atoms with van der Waals surface area (Å²) in [5.74, 6) is 1.46. The molecule has 1 aliphatic heterocycles. The van der Waals surface area contributed by atoms with Crippen molar-refractivity contribution < 1.29 is 23.7 Å². The lowest BCUT2D eigenvalue weighted by molar-refractivity contribution is 0.00708. The minimum atomic E-state index is 0.477. The Labute approximate surface area is 144 Å². The summed E-state index contributed by atoms with van der Waals surface area (Å²) in [7, 11) is 0. The summed E-state index contributed by atoms with van der Waals surface area (Å²) in [5, 5.41) is 3.40. The van der Waals surface area contributed by atoms with Gasteiger partial charge in [-0.25, -0.2) is 0 Å². The van der Waals surface area contributed by atoms with E-state index in [0.717, 1.165) is 30.2 Å². The Kier molecular flexibility index (Phi) is 9.38. The second-order valence-corrected chi connectivity index (χ2v) is 5.48. The Morgan fingerprint density at radius 2 is 1.38 bits per heavy atom. The fourth-order valence-corrected chi connectivity index (χ4v) is 2.22. The largest absolute Gasteiger partial charge is 0.487 e. The molecular weight excluding hydrogens is 310 g/mol. The lowest BCUT2D eigenvalue weighted by Crippen LogP contribution is -2.13. The van der Waals surface area contributed by atoms with E-state index in [1.165, 1.54) is 6.42 Å². The molecule has 1 N–H and O–H groups in total. The molecule has 6 heteroatoms. The van der Waals surface area contributed by atoms with Gasteiger partial charge in [-0.15, -0.1) is 0 Å². The van der Waals surface area contributed by atoms with Gasteiger partial charge in [0.1, 0.15) is 13.2 Å². The fourth-order valence-electron chi connectivity index (χ4n) is 2.22. The minimum Gasteiger partial charge on any atom is -0.487 e.